The number of ether oxygens (including phenoxy) is 1. The molecule has 0 saturated carbocycles. The first-order valence-corrected chi connectivity index (χ1v) is 4.85. The molecule has 1 heterocycles. The van der Waals surface area contributed by atoms with Gasteiger partial charge in [-0.15, -0.1) is 6.58 Å². The van der Waals surface area contributed by atoms with Crippen LogP contribution in [-0.2, 0) is 15.0 Å². The smallest absolute Gasteiger partial charge is 0.735 e. The first kappa shape index (κ1) is 13.6. The summed E-state index contributed by atoms with van der Waals surface area (Å²) in [5, 5.41) is 0. The topological polar surface area (TPSA) is 69.7 Å². The van der Waals surface area contributed by atoms with Gasteiger partial charge < -0.3 is 9.29 Å². The van der Waals surface area contributed by atoms with Crippen molar-refractivity contribution in [3.05, 3.63) is 12.7 Å². The summed E-state index contributed by atoms with van der Waals surface area (Å²) < 4.78 is 37.7. The van der Waals surface area contributed by atoms with Crippen LogP contribution in [0.4, 0.5) is 0 Å². The molecule has 1 rings (SSSR count). The van der Waals surface area contributed by atoms with Gasteiger partial charge in [0.2, 0.25) is 0 Å². The van der Waals surface area contributed by atoms with E-state index in [0.29, 0.717) is 0 Å². The van der Waals surface area contributed by atoms with E-state index in [0.717, 1.165) is 4.31 Å². The zero-order valence-corrected chi connectivity index (χ0v) is 10.3. The molecular weight excluding hydrogens is 205 g/mol. The largest absolute Gasteiger partial charge is 1.00 e. The van der Waals surface area contributed by atoms with E-state index >= 15 is 0 Å². The van der Waals surface area contributed by atoms with Crippen LogP contribution < -0.4 is 29.6 Å². The van der Waals surface area contributed by atoms with Crippen LogP contribution in [-0.4, -0.2) is 43.1 Å². The standard InChI is InChI=1S/C6H11NO4S.Na/c1-2-6-5-11-4-3-7(6)12(8,9)10;/h2,6H,1,3-5H2,(H,8,9,10);/q;+1/p-1. The van der Waals surface area contributed by atoms with Crippen molar-refractivity contribution in [1.29, 1.82) is 0 Å². The third kappa shape index (κ3) is 3.67. The van der Waals surface area contributed by atoms with Gasteiger partial charge >= 0.3 is 29.6 Å². The molecule has 7 heteroatoms. The molecule has 1 aliphatic rings. The maximum Gasteiger partial charge on any atom is 1.00 e. The Bertz CT molecular complexity index is 266. The second kappa shape index (κ2) is 5.45. The molecule has 0 aromatic rings. The molecule has 0 radical (unpaired) electrons. The van der Waals surface area contributed by atoms with Crippen LogP contribution >= 0.6 is 0 Å². The van der Waals surface area contributed by atoms with E-state index in [1.54, 1.807) is 0 Å². The van der Waals surface area contributed by atoms with Crippen molar-refractivity contribution in [2.45, 2.75) is 6.04 Å². The molecule has 1 unspecified atom stereocenters. The summed E-state index contributed by atoms with van der Waals surface area (Å²) in [4.78, 5) is 0. The van der Waals surface area contributed by atoms with Gasteiger partial charge in [0.25, 0.3) is 0 Å². The molecule has 1 saturated heterocycles. The summed E-state index contributed by atoms with van der Waals surface area (Å²) in [5.74, 6) is 0. The Labute approximate surface area is 99.9 Å². The van der Waals surface area contributed by atoms with Crippen molar-refractivity contribution in [1.82, 2.24) is 4.31 Å². The van der Waals surface area contributed by atoms with Gasteiger partial charge in [0.1, 0.15) is 0 Å². The van der Waals surface area contributed by atoms with E-state index < -0.39 is 16.3 Å². The number of morpholine rings is 1. The molecular formula is C6H10NNaO4S. The Balaban J connectivity index is 0.00000144. The van der Waals surface area contributed by atoms with Crippen LogP contribution in [0.3, 0.4) is 0 Å². The molecule has 0 bridgehead atoms. The second-order valence-corrected chi connectivity index (χ2v) is 3.77. The minimum atomic E-state index is -4.36. The minimum absolute atomic E-state index is 0. The third-order valence-electron chi connectivity index (χ3n) is 1.67. The molecule has 1 atom stereocenters. The minimum Gasteiger partial charge on any atom is -0.735 e. The molecule has 1 aliphatic heterocycles. The first-order valence-electron chi connectivity index (χ1n) is 3.48. The predicted molar refractivity (Wildman–Crippen MR) is 41.2 cm³/mol. The monoisotopic (exact) mass is 215 g/mol. The van der Waals surface area contributed by atoms with Gasteiger partial charge in [0.15, 0.2) is 10.3 Å². The molecule has 0 N–H and O–H groups in total. The van der Waals surface area contributed by atoms with Crippen LogP contribution in [0.2, 0.25) is 0 Å². The van der Waals surface area contributed by atoms with Crippen molar-refractivity contribution >= 4 is 10.3 Å². The van der Waals surface area contributed by atoms with Crippen molar-refractivity contribution in [2.24, 2.45) is 0 Å². The molecule has 0 aromatic carbocycles. The normalized spacial score (nSPS) is 24.8. The molecule has 5 nitrogen and oxygen atoms in total. The number of rotatable bonds is 2. The number of nitrogens with zero attached hydrogens (tertiary/aromatic N) is 1. The molecule has 0 aromatic heterocycles. The Morgan fingerprint density at radius 2 is 2.23 bits per heavy atom. The molecule has 13 heavy (non-hydrogen) atoms. The van der Waals surface area contributed by atoms with Crippen LogP contribution in [0.1, 0.15) is 0 Å². The summed E-state index contributed by atoms with van der Waals surface area (Å²) in [6.07, 6.45) is 1.40. The molecule has 1 fully saturated rings. The van der Waals surface area contributed by atoms with Gasteiger partial charge in [-0.3, -0.25) is 0 Å². The fourth-order valence-corrected chi connectivity index (χ4v) is 1.85. The maximum atomic E-state index is 10.6. The van der Waals surface area contributed by atoms with E-state index in [4.69, 9.17) is 4.74 Å². The predicted octanol–water partition coefficient (Wildman–Crippen LogP) is -3.66. The Kier molecular flexibility index (Phi) is 5.69. The van der Waals surface area contributed by atoms with Crippen LogP contribution in [0, 0.1) is 0 Å². The zero-order chi connectivity index (χ0) is 9.19. The van der Waals surface area contributed by atoms with Crippen molar-refractivity contribution in [3.63, 3.8) is 0 Å². The quantitative estimate of drug-likeness (QED) is 0.270. The SMILES string of the molecule is C=CC1COCCN1S(=O)(=O)[O-].[Na+]. The third-order valence-corrected chi connectivity index (χ3v) is 2.70. The van der Waals surface area contributed by atoms with Crippen LogP contribution in [0.5, 0.6) is 0 Å². The zero-order valence-electron chi connectivity index (χ0n) is 7.47. The van der Waals surface area contributed by atoms with Gasteiger partial charge in [-0.1, -0.05) is 6.08 Å². The number of hydrogen-bond acceptors (Lipinski definition) is 4. The van der Waals surface area contributed by atoms with Crippen LogP contribution in [0.15, 0.2) is 12.7 Å². The van der Waals surface area contributed by atoms with Crippen molar-refractivity contribution < 1.29 is 47.3 Å². The Morgan fingerprint density at radius 1 is 1.62 bits per heavy atom. The summed E-state index contributed by atoms with van der Waals surface area (Å²) in [6, 6.07) is -0.513. The van der Waals surface area contributed by atoms with E-state index in [-0.39, 0.29) is 49.3 Å². The van der Waals surface area contributed by atoms with Gasteiger partial charge in [-0.25, -0.2) is 12.7 Å². The average molecular weight is 215 g/mol. The van der Waals surface area contributed by atoms with Crippen molar-refractivity contribution in [2.75, 3.05) is 19.8 Å². The first-order chi connectivity index (χ1) is 5.55. The maximum absolute atomic E-state index is 10.6. The van der Waals surface area contributed by atoms with Gasteiger partial charge in [0.05, 0.1) is 19.3 Å². The van der Waals surface area contributed by atoms with Crippen LogP contribution in [0.25, 0.3) is 0 Å². The second-order valence-electron chi connectivity index (χ2n) is 2.45. The molecule has 0 spiro atoms. The molecule has 0 amide bonds. The summed E-state index contributed by atoms with van der Waals surface area (Å²) >= 11 is 0. The Morgan fingerprint density at radius 3 is 2.62 bits per heavy atom. The Hall–Kier alpha value is 0.570. The van der Waals surface area contributed by atoms with E-state index in [9.17, 15) is 13.0 Å². The van der Waals surface area contributed by atoms with Crippen molar-refractivity contribution in [3.8, 4) is 0 Å². The average Bonchev–Trinajstić information content (AvgIpc) is 2.03. The molecule has 70 valence electrons. The fourth-order valence-electron chi connectivity index (χ4n) is 1.07. The van der Waals surface area contributed by atoms with E-state index in [2.05, 4.69) is 6.58 Å². The molecule has 0 aliphatic carbocycles. The van der Waals surface area contributed by atoms with E-state index in [1.807, 2.05) is 0 Å². The summed E-state index contributed by atoms with van der Waals surface area (Å²) in [5.41, 5.74) is 0. The van der Waals surface area contributed by atoms with Gasteiger partial charge in [0, 0.05) is 6.54 Å². The fraction of sp³-hybridized carbons (Fsp3) is 0.667. The summed E-state index contributed by atoms with van der Waals surface area (Å²) in [6.45, 7) is 4.02. The summed E-state index contributed by atoms with van der Waals surface area (Å²) in [7, 11) is -4.36. The van der Waals surface area contributed by atoms with Gasteiger partial charge in [-0.2, -0.15) is 0 Å². The van der Waals surface area contributed by atoms with E-state index in [1.165, 1.54) is 6.08 Å². The van der Waals surface area contributed by atoms with Gasteiger partial charge in [-0.05, 0) is 0 Å². The number of hydrogen-bond donors (Lipinski definition) is 0.